The molecule has 0 saturated carbocycles. The zero-order valence-corrected chi connectivity index (χ0v) is 32.9. The van der Waals surface area contributed by atoms with Gasteiger partial charge in [0.1, 0.15) is 0 Å². The van der Waals surface area contributed by atoms with E-state index >= 15 is 0 Å². The molecule has 2 aliphatic heterocycles. The lowest BCUT2D eigenvalue weighted by atomic mass is 10.00. The Morgan fingerprint density at radius 2 is 0.900 bits per heavy atom. The summed E-state index contributed by atoms with van der Waals surface area (Å²) in [6.45, 7) is 15.4. The van der Waals surface area contributed by atoms with Crippen molar-refractivity contribution in [3.05, 3.63) is 68.6 Å². The molecule has 0 aromatic heterocycles. The van der Waals surface area contributed by atoms with Gasteiger partial charge in [-0.15, -0.1) is 0 Å². The van der Waals surface area contributed by atoms with Gasteiger partial charge in [-0.3, -0.25) is 9.59 Å². The molecule has 2 amide bonds. The molecule has 2 aliphatic rings. The zero-order chi connectivity index (χ0) is 37.7. The molecule has 2 fully saturated rings. The van der Waals surface area contributed by atoms with Crippen molar-refractivity contribution in [1.82, 2.24) is 19.6 Å². The summed E-state index contributed by atoms with van der Waals surface area (Å²) < 4.78 is 2.00. The predicted molar refractivity (Wildman–Crippen MR) is 199 cm³/mol. The summed E-state index contributed by atoms with van der Waals surface area (Å²) in [6, 6.07) is 15.7. The summed E-state index contributed by atoms with van der Waals surface area (Å²) in [5.41, 5.74) is 1.51. The Hall–Kier alpha value is -2.88. The zero-order valence-electron chi connectivity index (χ0n) is 29.7. The number of amides is 2. The Morgan fingerprint density at radius 3 is 1.10 bits per heavy atom. The predicted octanol–water partition coefficient (Wildman–Crippen LogP) is 4.38. The third kappa shape index (κ3) is 13.3. The first-order valence-corrected chi connectivity index (χ1v) is 18.3. The monoisotopic (exact) mass is 826 g/mol. The number of aliphatic carboxylic acids is 2. The van der Waals surface area contributed by atoms with Gasteiger partial charge in [0.2, 0.25) is 0 Å². The molecule has 50 heavy (non-hydrogen) atoms. The number of nitrogens with zero attached hydrogens (tertiary/aromatic N) is 4. The van der Waals surface area contributed by atoms with Crippen LogP contribution in [-0.2, 0) is 9.59 Å². The summed E-state index contributed by atoms with van der Waals surface area (Å²) >= 11 is 6.80. The lowest BCUT2D eigenvalue weighted by Crippen LogP contribution is -2.51. The smallest absolute Gasteiger partial charge is 0.335 e. The average Bonchev–Trinajstić information content (AvgIpc) is 3.02. The van der Waals surface area contributed by atoms with Crippen molar-refractivity contribution in [2.45, 2.75) is 64.8 Å². The van der Waals surface area contributed by atoms with Gasteiger partial charge in [-0.2, -0.15) is 0 Å². The quantitative estimate of drug-likeness (QED) is 0.228. The van der Waals surface area contributed by atoms with E-state index in [9.17, 15) is 19.2 Å². The molecule has 278 valence electrons. The van der Waals surface area contributed by atoms with Gasteiger partial charge in [-0.1, -0.05) is 59.6 Å². The normalized spacial score (nSPS) is 16.6. The number of rotatable bonds is 13. The Labute approximate surface area is 312 Å². The van der Waals surface area contributed by atoms with Crippen LogP contribution < -0.4 is 0 Å². The van der Waals surface area contributed by atoms with Gasteiger partial charge in [0.05, 0.1) is 0 Å². The molecule has 14 heteroatoms. The van der Waals surface area contributed by atoms with Crippen LogP contribution in [0.4, 0.5) is 0 Å². The molecule has 0 bridgehead atoms. The summed E-state index contributed by atoms with van der Waals surface area (Å²) in [4.78, 5) is 53.4. The fourth-order valence-electron chi connectivity index (χ4n) is 5.38. The first-order valence-electron chi connectivity index (χ1n) is 16.8. The van der Waals surface area contributed by atoms with Crippen LogP contribution in [0.15, 0.2) is 57.5 Å². The summed E-state index contributed by atoms with van der Waals surface area (Å²) in [7, 11) is 3.85. The summed E-state index contributed by atoms with van der Waals surface area (Å²) in [6.07, 6.45) is -1.96. The number of carbonyl (C=O) groups excluding carboxylic acids is 2. The van der Waals surface area contributed by atoms with Crippen LogP contribution in [0.25, 0.3) is 0 Å². The van der Waals surface area contributed by atoms with Gasteiger partial charge >= 0.3 is 11.9 Å². The molecular formula is C36H52Br2N4O8. The lowest BCUT2D eigenvalue weighted by molar-refractivity contribution is -0.165. The van der Waals surface area contributed by atoms with Gasteiger partial charge in [0, 0.05) is 59.3 Å². The largest absolute Gasteiger partial charge is 0.479 e. The lowest BCUT2D eigenvalue weighted by Gasteiger charge is -2.39. The van der Waals surface area contributed by atoms with E-state index in [1.54, 1.807) is 0 Å². The number of hydrogen-bond acceptors (Lipinski definition) is 8. The van der Waals surface area contributed by atoms with Crippen molar-refractivity contribution in [2.24, 2.45) is 11.8 Å². The Bertz CT molecular complexity index is 1280. The Balaban J connectivity index is 0.000000276. The Morgan fingerprint density at radius 1 is 0.620 bits per heavy atom. The first kappa shape index (κ1) is 43.3. The average molecular weight is 829 g/mol. The minimum atomic E-state index is -2.27. The van der Waals surface area contributed by atoms with E-state index < -0.39 is 24.1 Å². The second-order valence-corrected chi connectivity index (χ2v) is 15.2. The highest BCUT2D eigenvalue weighted by Gasteiger charge is 2.30. The molecule has 0 spiro atoms. The highest BCUT2D eigenvalue weighted by atomic mass is 79.9. The number of carboxylic acid groups (broad SMARTS) is 2. The number of aliphatic hydroxyl groups is 2. The SMILES string of the molecule is CC(C)C(CN1CCC1)N(C)C(=O)c1ccc(Br)cc1.CC(C)[C@@H](CN1CCC1)N(C)C(=O)c1ccc(Br)cc1.O=C(O)C(O)C(O)C(=O)O. The number of carbonyl (C=O) groups is 4. The van der Waals surface area contributed by atoms with Gasteiger partial charge in [0.25, 0.3) is 11.8 Å². The number of likely N-dealkylation sites (N-methyl/N-ethyl adjacent to an activating group) is 2. The molecule has 4 rings (SSSR count). The van der Waals surface area contributed by atoms with Crippen LogP contribution in [0, 0.1) is 11.8 Å². The van der Waals surface area contributed by atoms with Gasteiger partial charge in [0.15, 0.2) is 12.2 Å². The van der Waals surface area contributed by atoms with Crippen molar-refractivity contribution in [3.8, 4) is 0 Å². The topological polar surface area (TPSA) is 162 Å². The van der Waals surface area contributed by atoms with Gasteiger partial charge < -0.3 is 40.0 Å². The minimum absolute atomic E-state index is 0.108. The van der Waals surface area contributed by atoms with Crippen molar-refractivity contribution in [3.63, 3.8) is 0 Å². The number of carboxylic acids is 2. The van der Waals surface area contributed by atoms with E-state index in [-0.39, 0.29) is 23.9 Å². The summed E-state index contributed by atoms with van der Waals surface area (Å²) in [5.74, 6) is -2.40. The van der Waals surface area contributed by atoms with Gasteiger partial charge in [-0.25, -0.2) is 9.59 Å². The van der Waals surface area contributed by atoms with Crippen molar-refractivity contribution in [1.29, 1.82) is 0 Å². The molecule has 3 unspecified atom stereocenters. The minimum Gasteiger partial charge on any atom is -0.479 e. The number of benzene rings is 2. The number of hydrogen-bond donors (Lipinski definition) is 4. The summed E-state index contributed by atoms with van der Waals surface area (Å²) in [5, 5.41) is 32.5. The van der Waals surface area contributed by atoms with Crippen LogP contribution in [0.3, 0.4) is 0 Å². The van der Waals surface area contributed by atoms with E-state index in [0.717, 1.165) is 33.2 Å². The second kappa shape index (κ2) is 20.8. The van der Waals surface area contributed by atoms with Crippen LogP contribution >= 0.6 is 31.9 Å². The van der Waals surface area contributed by atoms with Crippen LogP contribution in [0.2, 0.25) is 0 Å². The van der Waals surface area contributed by atoms with E-state index in [0.29, 0.717) is 11.8 Å². The maximum Gasteiger partial charge on any atom is 0.335 e. The molecule has 2 saturated heterocycles. The third-order valence-electron chi connectivity index (χ3n) is 8.95. The molecule has 2 aromatic rings. The maximum atomic E-state index is 12.6. The van der Waals surface area contributed by atoms with E-state index in [1.807, 2.05) is 72.4 Å². The fraction of sp³-hybridized carbons (Fsp3) is 0.556. The van der Waals surface area contributed by atoms with Crippen molar-refractivity contribution in [2.75, 3.05) is 53.4 Å². The second-order valence-electron chi connectivity index (χ2n) is 13.3. The van der Waals surface area contributed by atoms with E-state index in [4.69, 9.17) is 20.4 Å². The van der Waals surface area contributed by atoms with Crippen molar-refractivity contribution >= 4 is 55.6 Å². The Kier molecular flexibility index (Phi) is 18.0. The molecule has 4 N–H and O–H groups in total. The molecule has 0 radical (unpaired) electrons. The van der Waals surface area contributed by atoms with Crippen LogP contribution in [-0.4, -0.2) is 141 Å². The first-order chi connectivity index (χ1) is 23.4. The van der Waals surface area contributed by atoms with Crippen molar-refractivity contribution < 1.29 is 39.6 Å². The molecule has 2 aromatic carbocycles. The number of likely N-dealkylation sites (tertiary alicyclic amines) is 2. The molecule has 2 heterocycles. The van der Waals surface area contributed by atoms with Crippen LogP contribution in [0.1, 0.15) is 61.3 Å². The highest BCUT2D eigenvalue weighted by Crippen LogP contribution is 2.20. The van der Waals surface area contributed by atoms with E-state index in [1.165, 1.54) is 39.0 Å². The molecule has 0 aliphatic carbocycles. The number of aliphatic hydroxyl groups excluding tert-OH is 2. The number of halogens is 2. The standard InChI is InChI=1S/2C16H23BrN2O.C4H6O6/c2*1-12(2)15(11-19-9-4-10-19)18(3)16(20)13-5-7-14(17)8-6-13;5-1(3(7)8)2(6)4(9)10/h2*5-8,12,15H,4,9-11H2,1-3H3;1-2,5-6H,(H,7,8)(H,9,10)/t15-;;/m1../s1. The third-order valence-corrected chi connectivity index (χ3v) is 10.0. The molecular weight excluding hydrogens is 776 g/mol. The molecule has 4 atom stereocenters. The van der Waals surface area contributed by atoms with E-state index in [2.05, 4.69) is 69.4 Å². The van der Waals surface area contributed by atoms with Crippen LogP contribution in [0.5, 0.6) is 0 Å². The fourth-order valence-corrected chi connectivity index (χ4v) is 5.91. The maximum absolute atomic E-state index is 12.6. The van der Waals surface area contributed by atoms with Gasteiger partial charge in [-0.05, 0) is 99.4 Å². The highest BCUT2D eigenvalue weighted by molar-refractivity contribution is 9.10. The molecule has 12 nitrogen and oxygen atoms in total.